The van der Waals surface area contributed by atoms with Gasteiger partial charge in [-0.05, 0) is 61.8 Å². The van der Waals surface area contributed by atoms with E-state index in [1.54, 1.807) is 18.2 Å². The van der Waals surface area contributed by atoms with Crippen LogP contribution in [0, 0.1) is 5.92 Å². The average molecular weight is 401 g/mol. The van der Waals surface area contributed by atoms with Crippen molar-refractivity contribution in [3.05, 3.63) is 59.7 Å². The number of benzene rings is 2. The Morgan fingerprint density at radius 2 is 1.71 bits per heavy atom. The summed E-state index contributed by atoms with van der Waals surface area (Å²) in [6.45, 7) is 9.15. The van der Waals surface area contributed by atoms with Crippen molar-refractivity contribution in [1.29, 1.82) is 0 Å². The Balaban J connectivity index is 1.88. The molecule has 0 spiro atoms. The van der Waals surface area contributed by atoms with Gasteiger partial charge in [0, 0.05) is 6.54 Å². The van der Waals surface area contributed by atoms with Crippen molar-refractivity contribution in [1.82, 2.24) is 10.6 Å². The van der Waals surface area contributed by atoms with Crippen molar-refractivity contribution in [3.63, 3.8) is 0 Å². The molecule has 0 bridgehead atoms. The van der Waals surface area contributed by atoms with Gasteiger partial charge in [0.15, 0.2) is 5.11 Å². The largest absolute Gasteiger partial charge is 0.492 e. The van der Waals surface area contributed by atoms with Gasteiger partial charge in [0.1, 0.15) is 11.5 Å². The fourth-order valence-electron chi connectivity index (χ4n) is 2.39. The molecule has 0 fully saturated rings. The van der Waals surface area contributed by atoms with Crippen molar-refractivity contribution >= 4 is 23.2 Å². The van der Waals surface area contributed by atoms with E-state index in [4.69, 9.17) is 21.7 Å². The number of carbonyl (C=O) groups excluding carboxylic acids is 1. The predicted molar refractivity (Wildman–Crippen MR) is 116 cm³/mol. The smallest absolute Gasteiger partial charge is 0.261 e. The van der Waals surface area contributed by atoms with Crippen LogP contribution in [0.4, 0.5) is 0 Å². The predicted octanol–water partition coefficient (Wildman–Crippen LogP) is 4.31. The molecule has 0 aliphatic rings. The molecular formula is C22H28N2O3S. The SMILES string of the molecule is CC(C)COc1ccccc1C(=O)NC(=S)NCc1ccc(OC(C)C)cc1. The zero-order chi connectivity index (χ0) is 20.5. The van der Waals surface area contributed by atoms with Gasteiger partial charge in [0.25, 0.3) is 5.91 Å². The monoisotopic (exact) mass is 400 g/mol. The highest BCUT2D eigenvalue weighted by Crippen LogP contribution is 2.18. The van der Waals surface area contributed by atoms with E-state index in [-0.39, 0.29) is 17.1 Å². The highest BCUT2D eigenvalue weighted by atomic mass is 32.1. The lowest BCUT2D eigenvalue weighted by molar-refractivity contribution is 0.0972. The van der Waals surface area contributed by atoms with Gasteiger partial charge in [0.2, 0.25) is 0 Å². The maximum Gasteiger partial charge on any atom is 0.261 e. The molecule has 2 rings (SSSR count). The van der Waals surface area contributed by atoms with Gasteiger partial charge in [-0.25, -0.2) is 0 Å². The van der Waals surface area contributed by atoms with Gasteiger partial charge in [-0.15, -0.1) is 0 Å². The third-order valence-corrected chi connectivity index (χ3v) is 3.93. The Bertz CT molecular complexity index is 789. The van der Waals surface area contributed by atoms with E-state index >= 15 is 0 Å². The van der Waals surface area contributed by atoms with Gasteiger partial charge >= 0.3 is 0 Å². The minimum atomic E-state index is -0.294. The maximum atomic E-state index is 12.5. The summed E-state index contributed by atoms with van der Waals surface area (Å²) in [6, 6.07) is 14.9. The zero-order valence-corrected chi connectivity index (χ0v) is 17.6. The highest BCUT2D eigenvalue weighted by Gasteiger charge is 2.14. The number of carbonyl (C=O) groups is 1. The second-order valence-electron chi connectivity index (χ2n) is 7.15. The molecule has 0 aliphatic heterocycles. The quantitative estimate of drug-likeness (QED) is 0.647. The molecule has 5 nitrogen and oxygen atoms in total. The summed E-state index contributed by atoms with van der Waals surface area (Å²) in [5, 5.41) is 6.03. The Morgan fingerprint density at radius 1 is 1.04 bits per heavy atom. The molecule has 0 heterocycles. The summed E-state index contributed by atoms with van der Waals surface area (Å²) in [6.07, 6.45) is 0.138. The van der Waals surface area contributed by atoms with Gasteiger partial charge in [0.05, 0.1) is 18.3 Å². The van der Waals surface area contributed by atoms with Crippen LogP contribution in [-0.2, 0) is 6.54 Å². The molecule has 0 aliphatic carbocycles. The van der Waals surface area contributed by atoms with Gasteiger partial charge in [-0.1, -0.05) is 38.1 Å². The van der Waals surface area contributed by atoms with E-state index < -0.39 is 0 Å². The number of amides is 1. The number of para-hydroxylation sites is 1. The lowest BCUT2D eigenvalue weighted by atomic mass is 10.2. The zero-order valence-electron chi connectivity index (χ0n) is 16.8. The van der Waals surface area contributed by atoms with Crippen molar-refractivity contribution < 1.29 is 14.3 Å². The lowest BCUT2D eigenvalue weighted by Crippen LogP contribution is -2.39. The normalized spacial score (nSPS) is 10.6. The number of nitrogens with one attached hydrogen (secondary N) is 2. The standard InChI is InChI=1S/C22H28N2O3S/c1-15(2)14-26-20-8-6-5-7-19(20)21(25)24-22(28)23-13-17-9-11-18(12-10-17)27-16(3)4/h5-12,15-16H,13-14H2,1-4H3,(H2,23,24,25,28). The summed E-state index contributed by atoms with van der Waals surface area (Å²) < 4.78 is 11.4. The van der Waals surface area contributed by atoms with Crippen LogP contribution < -0.4 is 20.1 Å². The van der Waals surface area contributed by atoms with Crippen LogP contribution in [0.25, 0.3) is 0 Å². The second kappa shape index (κ2) is 10.7. The first-order valence-electron chi connectivity index (χ1n) is 9.41. The number of ether oxygens (including phenoxy) is 2. The maximum absolute atomic E-state index is 12.5. The molecule has 1 amide bonds. The van der Waals surface area contributed by atoms with Gasteiger partial charge < -0.3 is 14.8 Å². The summed E-state index contributed by atoms with van der Waals surface area (Å²) >= 11 is 5.25. The average Bonchev–Trinajstić information content (AvgIpc) is 2.65. The first kappa shape index (κ1) is 21.7. The van der Waals surface area contributed by atoms with Crippen LogP contribution in [0.2, 0.25) is 0 Å². The topological polar surface area (TPSA) is 59.6 Å². The first-order chi connectivity index (χ1) is 13.3. The van der Waals surface area contributed by atoms with Gasteiger partial charge in [-0.3, -0.25) is 10.1 Å². The van der Waals surface area contributed by atoms with Crippen molar-refractivity contribution in [2.24, 2.45) is 5.92 Å². The molecule has 0 saturated carbocycles. The van der Waals surface area contributed by atoms with Crippen LogP contribution in [0.3, 0.4) is 0 Å². The van der Waals surface area contributed by atoms with Crippen molar-refractivity contribution in [3.8, 4) is 11.5 Å². The van der Waals surface area contributed by atoms with E-state index in [1.807, 2.05) is 44.2 Å². The minimum absolute atomic E-state index is 0.138. The van der Waals surface area contributed by atoms with Crippen molar-refractivity contribution in [2.75, 3.05) is 6.61 Å². The molecule has 0 unspecified atom stereocenters. The third kappa shape index (κ3) is 7.19. The molecule has 2 N–H and O–H groups in total. The summed E-state index contributed by atoms with van der Waals surface area (Å²) in [4.78, 5) is 12.5. The van der Waals surface area contributed by atoms with Gasteiger partial charge in [-0.2, -0.15) is 0 Å². The minimum Gasteiger partial charge on any atom is -0.492 e. The number of thiocarbonyl (C=S) groups is 1. The summed E-state index contributed by atoms with van der Waals surface area (Å²) in [7, 11) is 0. The van der Waals surface area contributed by atoms with E-state index in [0.717, 1.165) is 11.3 Å². The highest BCUT2D eigenvalue weighted by molar-refractivity contribution is 7.80. The lowest BCUT2D eigenvalue weighted by Gasteiger charge is -2.14. The molecule has 0 radical (unpaired) electrons. The van der Waals surface area contributed by atoms with Crippen LogP contribution in [0.1, 0.15) is 43.6 Å². The molecule has 150 valence electrons. The summed E-state index contributed by atoms with van der Waals surface area (Å²) in [5.74, 6) is 1.46. The number of rotatable bonds is 8. The number of hydrogen-bond donors (Lipinski definition) is 2. The molecule has 28 heavy (non-hydrogen) atoms. The third-order valence-electron chi connectivity index (χ3n) is 3.68. The van der Waals surface area contributed by atoms with Crippen molar-refractivity contribution in [2.45, 2.75) is 40.3 Å². The molecule has 2 aromatic rings. The summed E-state index contributed by atoms with van der Waals surface area (Å²) in [5.41, 5.74) is 1.50. The Labute approximate surface area is 172 Å². The van der Waals surface area contributed by atoms with Crippen LogP contribution >= 0.6 is 12.2 Å². The van der Waals surface area contributed by atoms with E-state index in [2.05, 4.69) is 24.5 Å². The molecule has 6 heteroatoms. The second-order valence-corrected chi connectivity index (χ2v) is 7.56. The Kier molecular flexibility index (Phi) is 8.26. The molecule has 0 saturated heterocycles. The fourth-order valence-corrected chi connectivity index (χ4v) is 2.56. The number of hydrogen-bond acceptors (Lipinski definition) is 4. The Morgan fingerprint density at radius 3 is 2.36 bits per heavy atom. The van der Waals surface area contributed by atoms with Crippen LogP contribution in [0.15, 0.2) is 48.5 Å². The molecular weight excluding hydrogens is 372 g/mol. The molecule has 0 atom stereocenters. The fraction of sp³-hybridized carbons (Fsp3) is 0.364. The Hall–Kier alpha value is -2.60. The molecule has 2 aromatic carbocycles. The van der Waals surface area contributed by atoms with Crippen LogP contribution in [0.5, 0.6) is 11.5 Å². The van der Waals surface area contributed by atoms with E-state index in [0.29, 0.717) is 30.4 Å². The van der Waals surface area contributed by atoms with E-state index in [9.17, 15) is 4.79 Å². The molecule has 0 aromatic heterocycles. The first-order valence-corrected chi connectivity index (χ1v) is 9.82. The van der Waals surface area contributed by atoms with Crippen LogP contribution in [-0.4, -0.2) is 23.7 Å². The van der Waals surface area contributed by atoms with E-state index in [1.165, 1.54) is 0 Å².